The third kappa shape index (κ3) is 4.30. The molecule has 0 aromatic heterocycles. The zero-order valence-electron chi connectivity index (χ0n) is 12.0. The lowest BCUT2D eigenvalue weighted by atomic mass is 10.1. The molecule has 19 heavy (non-hydrogen) atoms. The molecule has 0 saturated carbocycles. The van der Waals surface area contributed by atoms with Crippen LogP contribution < -0.4 is 5.32 Å². The minimum Gasteiger partial charge on any atom is -0.480 e. The highest BCUT2D eigenvalue weighted by atomic mass is 32.2. The highest BCUT2D eigenvalue weighted by Crippen LogP contribution is 2.31. The third-order valence-electron chi connectivity index (χ3n) is 3.16. The number of nitrogens with one attached hydrogen (secondary N) is 1. The van der Waals surface area contributed by atoms with Crippen molar-refractivity contribution in [3.63, 3.8) is 0 Å². The van der Waals surface area contributed by atoms with Crippen LogP contribution in [0.3, 0.4) is 0 Å². The van der Waals surface area contributed by atoms with Crippen molar-refractivity contribution in [3.05, 3.63) is 0 Å². The summed E-state index contributed by atoms with van der Waals surface area (Å²) in [4.78, 5) is 25.0. The number of rotatable bonds is 5. The summed E-state index contributed by atoms with van der Waals surface area (Å²) in [5.41, 5.74) is 0. The summed E-state index contributed by atoms with van der Waals surface area (Å²) in [6.45, 7) is 8.13. The summed E-state index contributed by atoms with van der Waals surface area (Å²) in [5, 5.41) is 12.1. The van der Waals surface area contributed by atoms with Crippen LogP contribution in [0.2, 0.25) is 0 Å². The number of thioether (sulfide) groups is 1. The first-order valence-electron chi connectivity index (χ1n) is 6.80. The van der Waals surface area contributed by atoms with Gasteiger partial charge in [-0.3, -0.25) is 4.90 Å². The van der Waals surface area contributed by atoms with Crippen LogP contribution in [-0.2, 0) is 4.79 Å². The van der Waals surface area contributed by atoms with Crippen LogP contribution in [0.4, 0.5) is 4.79 Å². The van der Waals surface area contributed by atoms with Crippen LogP contribution in [0.25, 0.3) is 0 Å². The van der Waals surface area contributed by atoms with E-state index >= 15 is 0 Å². The van der Waals surface area contributed by atoms with Crippen LogP contribution in [0.1, 0.15) is 40.5 Å². The van der Waals surface area contributed by atoms with Crippen LogP contribution in [0.5, 0.6) is 0 Å². The summed E-state index contributed by atoms with van der Waals surface area (Å²) in [6, 6.07) is -0.899. The lowest BCUT2D eigenvalue weighted by molar-refractivity contribution is -0.141. The van der Waals surface area contributed by atoms with E-state index in [9.17, 15) is 14.7 Å². The largest absolute Gasteiger partial charge is 0.480 e. The third-order valence-corrected chi connectivity index (χ3v) is 4.61. The Balaban J connectivity index is 2.68. The molecule has 2 amide bonds. The molecule has 1 saturated heterocycles. The monoisotopic (exact) mass is 288 g/mol. The van der Waals surface area contributed by atoms with Crippen molar-refractivity contribution in [1.82, 2.24) is 10.2 Å². The molecule has 0 aliphatic carbocycles. The van der Waals surface area contributed by atoms with Crippen LogP contribution in [-0.4, -0.2) is 45.2 Å². The van der Waals surface area contributed by atoms with E-state index in [-0.39, 0.29) is 17.4 Å². The molecule has 0 radical (unpaired) electrons. The number of urea groups is 1. The number of amides is 2. The molecule has 1 heterocycles. The van der Waals surface area contributed by atoms with E-state index in [0.29, 0.717) is 11.7 Å². The fraction of sp³-hybridized carbons (Fsp3) is 0.846. The first kappa shape index (κ1) is 16.1. The molecule has 0 aromatic carbocycles. The first-order chi connectivity index (χ1) is 8.86. The number of carbonyl (C=O) groups is 2. The molecule has 6 heteroatoms. The number of carboxylic acid groups (broad SMARTS) is 1. The van der Waals surface area contributed by atoms with E-state index in [1.165, 1.54) is 4.90 Å². The Hall–Kier alpha value is -0.910. The van der Waals surface area contributed by atoms with Gasteiger partial charge < -0.3 is 10.4 Å². The van der Waals surface area contributed by atoms with Gasteiger partial charge in [0.25, 0.3) is 0 Å². The molecule has 1 rings (SSSR count). The second-order valence-electron chi connectivity index (χ2n) is 5.44. The Morgan fingerprint density at radius 1 is 1.42 bits per heavy atom. The van der Waals surface area contributed by atoms with E-state index in [2.05, 4.69) is 19.2 Å². The zero-order chi connectivity index (χ0) is 14.6. The van der Waals surface area contributed by atoms with Crippen LogP contribution in [0, 0.1) is 5.92 Å². The molecule has 0 aromatic rings. The van der Waals surface area contributed by atoms with Crippen molar-refractivity contribution < 1.29 is 14.7 Å². The van der Waals surface area contributed by atoms with E-state index < -0.39 is 12.0 Å². The molecule has 2 N–H and O–H groups in total. The summed E-state index contributed by atoms with van der Waals surface area (Å²) in [7, 11) is 0. The smallest absolute Gasteiger partial charge is 0.327 e. The van der Waals surface area contributed by atoms with Gasteiger partial charge in [0.2, 0.25) is 0 Å². The van der Waals surface area contributed by atoms with Gasteiger partial charge in [-0.25, -0.2) is 9.59 Å². The summed E-state index contributed by atoms with van der Waals surface area (Å²) in [5.74, 6) is 0.0513. The number of carbonyl (C=O) groups excluding carboxylic acids is 1. The van der Waals surface area contributed by atoms with Gasteiger partial charge in [-0.05, 0) is 25.7 Å². The molecule has 3 unspecified atom stereocenters. The average Bonchev–Trinajstić information content (AvgIpc) is 2.70. The summed E-state index contributed by atoms with van der Waals surface area (Å²) >= 11 is 1.54. The second kappa shape index (κ2) is 7.03. The molecule has 0 bridgehead atoms. The van der Waals surface area contributed by atoms with Crippen molar-refractivity contribution in [2.75, 3.05) is 5.75 Å². The zero-order valence-corrected chi connectivity index (χ0v) is 12.9. The van der Waals surface area contributed by atoms with Crippen LogP contribution in [0.15, 0.2) is 0 Å². The second-order valence-corrected chi connectivity index (χ2v) is 6.65. The van der Waals surface area contributed by atoms with Gasteiger partial charge in [-0.2, -0.15) is 0 Å². The van der Waals surface area contributed by atoms with Crippen molar-refractivity contribution in [2.45, 2.75) is 58.0 Å². The van der Waals surface area contributed by atoms with Gasteiger partial charge in [-0.15, -0.1) is 11.8 Å². The lowest BCUT2D eigenvalue weighted by Crippen LogP contribution is -2.52. The predicted molar refractivity (Wildman–Crippen MR) is 77.2 cm³/mol. The molecule has 1 aliphatic heterocycles. The van der Waals surface area contributed by atoms with Gasteiger partial charge in [0.15, 0.2) is 0 Å². The molecular formula is C13H24N2O3S. The molecule has 5 nitrogen and oxygen atoms in total. The summed E-state index contributed by atoms with van der Waals surface area (Å²) in [6.07, 6.45) is 1.65. The Bertz CT molecular complexity index is 336. The Morgan fingerprint density at radius 2 is 2.05 bits per heavy atom. The molecule has 1 fully saturated rings. The lowest BCUT2D eigenvalue weighted by Gasteiger charge is -2.28. The minimum atomic E-state index is -0.921. The maximum Gasteiger partial charge on any atom is 0.327 e. The standard InChI is InChI=1S/C13H24N2O3S/c1-5-11-15(10(7-19-11)12(16)17)13(18)14-9(4)6-8(2)3/h8-11H,5-7H2,1-4H3,(H,14,18)(H,16,17). The number of aliphatic carboxylic acids is 1. The normalized spacial score (nSPS) is 24.6. The number of hydrogen-bond acceptors (Lipinski definition) is 3. The average molecular weight is 288 g/mol. The highest BCUT2D eigenvalue weighted by molar-refractivity contribution is 8.00. The number of hydrogen-bond donors (Lipinski definition) is 2. The maximum absolute atomic E-state index is 12.3. The number of nitrogens with zero attached hydrogens (tertiary/aromatic N) is 1. The van der Waals surface area contributed by atoms with E-state index in [1.807, 2.05) is 13.8 Å². The van der Waals surface area contributed by atoms with Gasteiger partial charge >= 0.3 is 12.0 Å². The van der Waals surface area contributed by atoms with Crippen molar-refractivity contribution in [1.29, 1.82) is 0 Å². The minimum absolute atomic E-state index is 0.0349. The topological polar surface area (TPSA) is 69.6 Å². The number of carboxylic acids is 1. The quantitative estimate of drug-likeness (QED) is 0.815. The fourth-order valence-electron chi connectivity index (χ4n) is 2.39. The van der Waals surface area contributed by atoms with Crippen LogP contribution >= 0.6 is 11.8 Å². The maximum atomic E-state index is 12.3. The predicted octanol–water partition coefficient (Wildman–Crippen LogP) is 2.37. The first-order valence-corrected chi connectivity index (χ1v) is 7.84. The fourth-order valence-corrected chi connectivity index (χ4v) is 3.74. The summed E-state index contributed by atoms with van der Waals surface area (Å²) < 4.78 is 0. The molecule has 3 atom stereocenters. The van der Waals surface area contributed by atoms with Crippen molar-refractivity contribution in [2.24, 2.45) is 5.92 Å². The SMILES string of the molecule is CCC1SCC(C(=O)O)N1C(=O)NC(C)CC(C)C. The van der Waals surface area contributed by atoms with E-state index in [1.54, 1.807) is 11.8 Å². The van der Waals surface area contributed by atoms with E-state index in [0.717, 1.165) is 12.8 Å². The van der Waals surface area contributed by atoms with Crippen molar-refractivity contribution in [3.8, 4) is 0 Å². The Labute approximate surface area is 119 Å². The highest BCUT2D eigenvalue weighted by Gasteiger charge is 2.41. The van der Waals surface area contributed by atoms with Crippen molar-refractivity contribution >= 4 is 23.8 Å². The molecule has 0 spiro atoms. The Morgan fingerprint density at radius 3 is 2.53 bits per heavy atom. The molecule has 1 aliphatic rings. The molecular weight excluding hydrogens is 264 g/mol. The van der Waals surface area contributed by atoms with Gasteiger partial charge in [0, 0.05) is 11.8 Å². The van der Waals surface area contributed by atoms with E-state index in [4.69, 9.17) is 0 Å². The molecule has 110 valence electrons. The van der Waals surface area contributed by atoms with Gasteiger partial charge in [-0.1, -0.05) is 20.8 Å². The Kier molecular flexibility index (Phi) is 5.97. The van der Waals surface area contributed by atoms with Gasteiger partial charge in [0.1, 0.15) is 6.04 Å². The van der Waals surface area contributed by atoms with Gasteiger partial charge in [0.05, 0.1) is 5.37 Å².